The predicted molar refractivity (Wildman–Crippen MR) is 103 cm³/mol. The zero-order chi connectivity index (χ0) is 19.3. The molecule has 0 unspecified atom stereocenters. The van der Waals surface area contributed by atoms with Crippen LogP contribution in [0.5, 0.6) is 5.75 Å². The van der Waals surface area contributed by atoms with Crippen LogP contribution in [0.4, 0.5) is 5.69 Å². The van der Waals surface area contributed by atoms with Crippen LogP contribution in [0.2, 0.25) is 0 Å². The quantitative estimate of drug-likeness (QED) is 0.607. The fourth-order valence-corrected chi connectivity index (χ4v) is 3.61. The Kier molecular flexibility index (Phi) is 6.10. The molecule has 4 N–H and O–H groups in total. The third kappa shape index (κ3) is 5.53. The van der Waals surface area contributed by atoms with Crippen molar-refractivity contribution in [2.24, 2.45) is 11.7 Å². The molecule has 1 aliphatic carbocycles. The van der Waals surface area contributed by atoms with E-state index in [1.165, 1.54) is 12.1 Å². The van der Waals surface area contributed by atoms with Crippen LogP contribution in [0, 0.1) is 5.92 Å². The van der Waals surface area contributed by atoms with Gasteiger partial charge >= 0.3 is 0 Å². The maximum Gasteiger partial charge on any atom is 0.255 e. The average Bonchev–Trinajstić information content (AvgIpc) is 3.50. The lowest BCUT2D eigenvalue weighted by atomic mass is 10.2. The van der Waals surface area contributed by atoms with Gasteiger partial charge in [0.2, 0.25) is 10.0 Å². The summed E-state index contributed by atoms with van der Waals surface area (Å²) in [5, 5.41) is 2.75. The minimum Gasteiger partial charge on any atom is -0.492 e. The first-order valence-corrected chi connectivity index (χ1v) is 10.3. The largest absolute Gasteiger partial charge is 0.492 e. The molecule has 1 fully saturated rings. The monoisotopic (exact) mass is 389 g/mol. The number of amides is 1. The number of hydrogen-bond acceptors (Lipinski definition) is 5. The molecule has 0 spiro atoms. The maximum absolute atomic E-state index is 12.5. The Morgan fingerprint density at radius 3 is 2.56 bits per heavy atom. The molecule has 1 amide bonds. The lowest BCUT2D eigenvalue weighted by molar-refractivity contribution is 0.102. The van der Waals surface area contributed by atoms with Crippen LogP contribution < -0.4 is 20.5 Å². The van der Waals surface area contributed by atoms with Crippen LogP contribution in [-0.2, 0) is 10.0 Å². The van der Waals surface area contributed by atoms with Crippen LogP contribution >= 0.6 is 0 Å². The number of nitrogens with one attached hydrogen (secondary N) is 2. The van der Waals surface area contributed by atoms with Gasteiger partial charge in [-0.2, -0.15) is 0 Å². The van der Waals surface area contributed by atoms with Gasteiger partial charge in [0.15, 0.2) is 0 Å². The predicted octanol–water partition coefficient (Wildman–Crippen LogP) is 1.96. The number of benzene rings is 2. The highest BCUT2D eigenvalue weighted by molar-refractivity contribution is 7.89. The van der Waals surface area contributed by atoms with E-state index >= 15 is 0 Å². The smallest absolute Gasteiger partial charge is 0.255 e. The molecule has 0 radical (unpaired) electrons. The van der Waals surface area contributed by atoms with Gasteiger partial charge in [-0.25, -0.2) is 13.1 Å². The number of anilines is 1. The summed E-state index contributed by atoms with van der Waals surface area (Å²) in [5.74, 6) is 0.709. The van der Waals surface area contributed by atoms with Gasteiger partial charge in [-0.1, -0.05) is 6.07 Å². The SMILES string of the molecule is NCCOc1ccc(NC(=O)c2cccc(S(=O)(=O)NCC3CC3)c2)cc1. The van der Waals surface area contributed by atoms with Crippen LogP contribution in [0.1, 0.15) is 23.2 Å². The van der Waals surface area contributed by atoms with E-state index in [-0.39, 0.29) is 16.4 Å². The molecule has 2 aromatic carbocycles. The van der Waals surface area contributed by atoms with Crippen molar-refractivity contribution in [1.29, 1.82) is 0 Å². The molecule has 7 nitrogen and oxygen atoms in total. The zero-order valence-corrected chi connectivity index (χ0v) is 15.7. The van der Waals surface area contributed by atoms with E-state index in [9.17, 15) is 13.2 Å². The van der Waals surface area contributed by atoms with Gasteiger partial charge in [0.25, 0.3) is 5.91 Å². The number of nitrogens with two attached hydrogens (primary N) is 1. The minimum absolute atomic E-state index is 0.0846. The van der Waals surface area contributed by atoms with Crippen molar-refractivity contribution in [2.75, 3.05) is 25.0 Å². The van der Waals surface area contributed by atoms with Gasteiger partial charge in [0.05, 0.1) is 4.90 Å². The topological polar surface area (TPSA) is 111 Å². The molecule has 27 heavy (non-hydrogen) atoms. The molecule has 3 rings (SSSR count). The Morgan fingerprint density at radius 2 is 1.89 bits per heavy atom. The second kappa shape index (κ2) is 8.51. The summed E-state index contributed by atoms with van der Waals surface area (Å²) in [6.07, 6.45) is 2.11. The molecular weight excluding hydrogens is 366 g/mol. The number of rotatable bonds is 9. The van der Waals surface area contributed by atoms with E-state index in [4.69, 9.17) is 10.5 Å². The lowest BCUT2D eigenvalue weighted by Gasteiger charge is -2.10. The Labute approximate surface area is 159 Å². The standard InChI is InChI=1S/C19H23N3O4S/c20-10-11-26-17-8-6-16(7-9-17)22-19(23)15-2-1-3-18(12-15)27(24,25)21-13-14-4-5-14/h1-3,6-9,12,14,21H,4-5,10-11,13,20H2,(H,22,23). The van der Waals surface area contributed by atoms with Gasteiger partial charge in [-0.15, -0.1) is 0 Å². The molecule has 0 atom stereocenters. The van der Waals surface area contributed by atoms with Crippen molar-refractivity contribution in [1.82, 2.24) is 4.72 Å². The maximum atomic E-state index is 12.5. The number of hydrogen-bond donors (Lipinski definition) is 3. The summed E-state index contributed by atoms with van der Waals surface area (Å²) >= 11 is 0. The first kappa shape index (κ1) is 19.3. The molecule has 1 saturated carbocycles. The lowest BCUT2D eigenvalue weighted by Crippen LogP contribution is -2.26. The molecule has 0 heterocycles. The fraction of sp³-hybridized carbons (Fsp3) is 0.316. The zero-order valence-electron chi connectivity index (χ0n) is 14.9. The normalized spacial score (nSPS) is 14.0. The summed E-state index contributed by atoms with van der Waals surface area (Å²) in [4.78, 5) is 12.5. The molecule has 2 aromatic rings. The van der Waals surface area contributed by atoms with Crippen molar-refractivity contribution in [3.63, 3.8) is 0 Å². The minimum atomic E-state index is -3.62. The third-order valence-electron chi connectivity index (χ3n) is 4.16. The molecule has 1 aliphatic rings. The van der Waals surface area contributed by atoms with Crippen molar-refractivity contribution < 1.29 is 17.9 Å². The second-order valence-electron chi connectivity index (χ2n) is 6.44. The summed E-state index contributed by atoms with van der Waals surface area (Å²) < 4.78 is 32.7. The van der Waals surface area contributed by atoms with Crippen LogP contribution in [0.25, 0.3) is 0 Å². The van der Waals surface area contributed by atoms with Crippen molar-refractivity contribution in [3.8, 4) is 5.75 Å². The number of carbonyl (C=O) groups excluding carboxylic acids is 1. The van der Waals surface area contributed by atoms with E-state index in [1.54, 1.807) is 36.4 Å². The van der Waals surface area contributed by atoms with E-state index in [0.717, 1.165) is 12.8 Å². The average molecular weight is 389 g/mol. The van der Waals surface area contributed by atoms with Crippen LogP contribution in [0.3, 0.4) is 0 Å². The Balaban J connectivity index is 1.66. The molecule has 0 bridgehead atoms. The molecule has 0 aliphatic heterocycles. The van der Waals surface area contributed by atoms with E-state index in [1.807, 2.05) is 0 Å². The van der Waals surface area contributed by atoms with E-state index in [0.29, 0.717) is 37.1 Å². The van der Waals surface area contributed by atoms with Crippen molar-refractivity contribution in [2.45, 2.75) is 17.7 Å². The highest BCUT2D eigenvalue weighted by atomic mass is 32.2. The first-order valence-electron chi connectivity index (χ1n) is 8.82. The Morgan fingerprint density at radius 1 is 1.15 bits per heavy atom. The Hall–Kier alpha value is -2.42. The van der Waals surface area contributed by atoms with Crippen molar-refractivity contribution >= 4 is 21.6 Å². The van der Waals surface area contributed by atoms with Crippen LogP contribution in [-0.4, -0.2) is 34.0 Å². The summed E-state index contributed by atoms with van der Waals surface area (Å²) in [7, 11) is -3.62. The number of sulfonamides is 1. The second-order valence-corrected chi connectivity index (χ2v) is 8.21. The van der Waals surface area contributed by atoms with Gasteiger partial charge in [0.1, 0.15) is 12.4 Å². The van der Waals surface area contributed by atoms with Crippen LogP contribution in [0.15, 0.2) is 53.4 Å². The van der Waals surface area contributed by atoms with Gasteiger partial charge < -0.3 is 15.8 Å². The van der Waals surface area contributed by atoms with Gasteiger partial charge in [-0.3, -0.25) is 4.79 Å². The van der Waals surface area contributed by atoms with Crippen molar-refractivity contribution in [3.05, 3.63) is 54.1 Å². The molecule has 144 valence electrons. The fourth-order valence-electron chi connectivity index (χ4n) is 2.45. The van der Waals surface area contributed by atoms with Gasteiger partial charge in [0, 0.05) is 24.3 Å². The molecule has 0 aromatic heterocycles. The number of ether oxygens (including phenoxy) is 1. The highest BCUT2D eigenvalue weighted by Crippen LogP contribution is 2.28. The van der Waals surface area contributed by atoms with E-state index < -0.39 is 10.0 Å². The first-order chi connectivity index (χ1) is 13.0. The molecule has 8 heteroatoms. The van der Waals surface area contributed by atoms with E-state index in [2.05, 4.69) is 10.0 Å². The molecule has 0 saturated heterocycles. The summed E-state index contributed by atoms with van der Waals surface area (Å²) in [5.41, 5.74) is 6.24. The summed E-state index contributed by atoms with van der Waals surface area (Å²) in [6.45, 7) is 1.28. The third-order valence-corrected chi connectivity index (χ3v) is 5.59. The van der Waals surface area contributed by atoms with Gasteiger partial charge in [-0.05, 0) is 61.2 Å². The number of carbonyl (C=O) groups is 1. The summed E-state index contributed by atoms with van der Waals surface area (Å²) in [6, 6.07) is 12.9. The Bertz CT molecular complexity index is 893. The highest BCUT2D eigenvalue weighted by Gasteiger charge is 2.24. The molecular formula is C19H23N3O4S.